The van der Waals surface area contributed by atoms with Crippen molar-refractivity contribution in [1.82, 2.24) is 5.32 Å². The molecule has 1 amide bonds. The highest BCUT2D eigenvalue weighted by Crippen LogP contribution is 2.32. The summed E-state index contributed by atoms with van der Waals surface area (Å²) in [4.78, 5) is 11.9. The number of carbonyl (C=O) groups excluding carboxylic acids is 1. The lowest BCUT2D eigenvalue weighted by molar-refractivity contribution is -0.115. The average Bonchev–Trinajstić information content (AvgIpc) is 2.58. The monoisotopic (exact) mass is 414 g/mol. The van der Waals surface area contributed by atoms with Crippen LogP contribution in [-0.2, 0) is 4.79 Å². The maximum atomic E-state index is 11.9. The highest BCUT2D eigenvalue weighted by Gasteiger charge is 2.08. The van der Waals surface area contributed by atoms with Gasteiger partial charge in [0.25, 0.3) is 0 Å². The summed E-state index contributed by atoms with van der Waals surface area (Å²) in [5.74, 6) is 0.356. The Morgan fingerprint density at radius 2 is 1.72 bits per heavy atom. The molecule has 25 heavy (non-hydrogen) atoms. The summed E-state index contributed by atoms with van der Waals surface area (Å²) in [5, 5.41) is 6.38. The molecule has 0 fully saturated rings. The van der Waals surface area contributed by atoms with Crippen LogP contribution in [0, 0.1) is 0 Å². The molecule has 0 atom stereocenters. The number of nitrogens with one attached hydrogen (secondary N) is 2. The first-order valence-electron chi connectivity index (χ1n) is 6.97. The summed E-state index contributed by atoms with van der Waals surface area (Å²) in [5.41, 5.74) is 1.29. The van der Waals surface area contributed by atoms with E-state index in [-0.39, 0.29) is 11.0 Å². The first-order valence-corrected chi connectivity index (χ1v) is 8.52. The van der Waals surface area contributed by atoms with Gasteiger partial charge >= 0.3 is 0 Å². The van der Waals surface area contributed by atoms with Crippen LogP contribution in [0.5, 0.6) is 5.75 Å². The van der Waals surface area contributed by atoms with Crippen molar-refractivity contribution in [3.05, 3.63) is 63.1 Å². The molecular formula is C17H13Cl3N2O2S. The second-order valence-corrected chi connectivity index (χ2v) is 6.43. The minimum absolute atomic E-state index is 0.0877. The molecule has 0 saturated heterocycles. The fourth-order valence-electron chi connectivity index (χ4n) is 1.81. The Hall–Kier alpha value is -1.79. The first kappa shape index (κ1) is 19.5. The van der Waals surface area contributed by atoms with Crippen molar-refractivity contribution < 1.29 is 9.53 Å². The third-order valence-corrected chi connectivity index (χ3v) is 4.28. The fourth-order valence-corrected chi connectivity index (χ4v) is 2.62. The molecule has 0 heterocycles. The van der Waals surface area contributed by atoms with Gasteiger partial charge in [0.15, 0.2) is 5.11 Å². The number of hydrogen-bond donors (Lipinski definition) is 2. The molecule has 2 aromatic carbocycles. The topological polar surface area (TPSA) is 50.4 Å². The number of ether oxygens (including phenoxy) is 1. The van der Waals surface area contributed by atoms with E-state index in [1.165, 1.54) is 18.2 Å². The van der Waals surface area contributed by atoms with Gasteiger partial charge in [0, 0.05) is 6.08 Å². The van der Waals surface area contributed by atoms with Crippen molar-refractivity contribution in [2.45, 2.75) is 0 Å². The van der Waals surface area contributed by atoms with Crippen LogP contribution in [0.25, 0.3) is 6.08 Å². The van der Waals surface area contributed by atoms with Gasteiger partial charge in [-0.25, -0.2) is 0 Å². The highest BCUT2D eigenvalue weighted by atomic mass is 35.5. The largest absolute Gasteiger partial charge is 0.497 e. The Morgan fingerprint density at radius 3 is 2.36 bits per heavy atom. The molecule has 2 rings (SSSR count). The lowest BCUT2D eigenvalue weighted by atomic mass is 10.2. The van der Waals surface area contributed by atoms with Gasteiger partial charge in [-0.1, -0.05) is 46.9 Å². The standard InChI is InChI=1S/C17H13Cl3N2O2S/c1-24-11-5-2-10(3-6-11)4-7-16(23)22-17(25)21-15-9-13(19)12(18)8-14(15)20/h2-9H,1H3,(H2,21,22,23,25). The van der Waals surface area contributed by atoms with Crippen molar-refractivity contribution in [1.29, 1.82) is 0 Å². The molecule has 0 saturated carbocycles. The molecule has 0 aromatic heterocycles. The number of rotatable bonds is 4. The predicted molar refractivity (Wildman–Crippen MR) is 108 cm³/mol. The Labute approximate surface area is 165 Å². The smallest absolute Gasteiger partial charge is 0.250 e. The van der Waals surface area contributed by atoms with Crippen LogP contribution in [-0.4, -0.2) is 18.1 Å². The Balaban J connectivity index is 1.94. The number of anilines is 1. The molecule has 4 nitrogen and oxygen atoms in total. The van der Waals surface area contributed by atoms with E-state index < -0.39 is 0 Å². The number of amides is 1. The van der Waals surface area contributed by atoms with E-state index in [0.717, 1.165) is 11.3 Å². The van der Waals surface area contributed by atoms with Crippen molar-refractivity contribution in [2.75, 3.05) is 12.4 Å². The van der Waals surface area contributed by atoms with Crippen LogP contribution in [0.2, 0.25) is 15.1 Å². The summed E-state index contributed by atoms with van der Waals surface area (Å²) >= 11 is 22.9. The van der Waals surface area contributed by atoms with Gasteiger partial charge in [-0.3, -0.25) is 10.1 Å². The van der Waals surface area contributed by atoms with E-state index in [4.69, 9.17) is 51.8 Å². The normalized spacial score (nSPS) is 10.6. The van der Waals surface area contributed by atoms with Crippen LogP contribution >= 0.6 is 47.0 Å². The predicted octanol–water partition coefficient (Wildman–Crippen LogP) is 5.18. The zero-order valence-electron chi connectivity index (χ0n) is 13.0. The maximum Gasteiger partial charge on any atom is 0.250 e. The number of thiocarbonyl (C=S) groups is 1. The Kier molecular flexibility index (Phi) is 7.08. The van der Waals surface area contributed by atoms with Gasteiger partial charge in [-0.05, 0) is 48.1 Å². The quantitative estimate of drug-likeness (QED) is 0.410. The third kappa shape index (κ3) is 5.90. The van der Waals surface area contributed by atoms with Gasteiger partial charge < -0.3 is 10.1 Å². The number of methoxy groups -OCH3 is 1. The summed E-state index contributed by atoms with van der Waals surface area (Å²) in [6.07, 6.45) is 3.02. The number of halogens is 3. The number of carbonyl (C=O) groups is 1. The minimum Gasteiger partial charge on any atom is -0.497 e. The average molecular weight is 416 g/mol. The van der Waals surface area contributed by atoms with Crippen LogP contribution in [0.15, 0.2) is 42.5 Å². The van der Waals surface area contributed by atoms with Crippen LogP contribution in [0.3, 0.4) is 0 Å². The molecule has 0 aliphatic heterocycles. The van der Waals surface area contributed by atoms with Gasteiger partial charge in [0.1, 0.15) is 5.75 Å². The maximum absolute atomic E-state index is 11.9. The van der Waals surface area contributed by atoms with Crippen molar-refractivity contribution in [3.63, 3.8) is 0 Å². The van der Waals surface area contributed by atoms with Gasteiger partial charge in [0.05, 0.1) is 27.9 Å². The lowest BCUT2D eigenvalue weighted by Crippen LogP contribution is -2.32. The summed E-state index contributed by atoms with van der Waals surface area (Å²) in [6, 6.07) is 10.3. The molecule has 130 valence electrons. The lowest BCUT2D eigenvalue weighted by Gasteiger charge is -2.10. The zero-order valence-corrected chi connectivity index (χ0v) is 16.1. The van der Waals surface area contributed by atoms with Crippen molar-refractivity contribution >= 4 is 69.8 Å². The minimum atomic E-state index is -0.385. The van der Waals surface area contributed by atoms with E-state index in [2.05, 4.69) is 10.6 Å². The fraction of sp³-hybridized carbons (Fsp3) is 0.0588. The highest BCUT2D eigenvalue weighted by molar-refractivity contribution is 7.80. The van der Waals surface area contributed by atoms with Crippen LogP contribution in [0.4, 0.5) is 5.69 Å². The molecule has 0 aliphatic carbocycles. The summed E-state index contributed by atoms with van der Waals surface area (Å²) in [7, 11) is 1.59. The van der Waals surface area contributed by atoms with Gasteiger partial charge in [-0.2, -0.15) is 0 Å². The molecule has 8 heteroatoms. The van der Waals surface area contributed by atoms with Crippen molar-refractivity contribution in [3.8, 4) is 5.75 Å². The van der Waals surface area contributed by atoms with E-state index in [1.807, 2.05) is 12.1 Å². The second-order valence-electron chi connectivity index (χ2n) is 4.80. The SMILES string of the molecule is COc1ccc(C=CC(=O)NC(=S)Nc2cc(Cl)c(Cl)cc2Cl)cc1. The Morgan fingerprint density at radius 1 is 1.08 bits per heavy atom. The molecule has 2 aromatic rings. The summed E-state index contributed by atoms with van der Waals surface area (Å²) < 4.78 is 5.07. The molecule has 0 radical (unpaired) electrons. The third-order valence-electron chi connectivity index (χ3n) is 3.04. The number of hydrogen-bond acceptors (Lipinski definition) is 3. The Bertz CT molecular complexity index is 823. The number of benzene rings is 2. The zero-order chi connectivity index (χ0) is 18.4. The van der Waals surface area contributed by atoms with Crippen molar-refractivity contribution in [2.24, 2.45) is 0 Å². The van der Waals surface area contributed by atoms with E-state index in [9.17, 15) is 4.79 Å². The molecule has 0 spiro atoms. The van der Waals surface area contributed by atoms with E-state index in [1.54, 1.807) is 25.3 Å². The van der Waals surface area contributed by atoms with Crippen LogP contribution < -0.4 is 15.4 Å². The molecule has 0 aliphatic rings. The van der Waals surface area contributed by atoms with Gasteiger partial charge in [-0.15, -0.1) is 0 Å². The summed E-state index contributed by atoms with van der Waals surface area (Å²) in [6.45, 7) is 0. The second kappa shape index (κ2) is 9.06. The van der Waals surface area contributed by atoms with E-state index in [0.29, 0.717) is 20.8 Å². The molecule has 2 N–H and O–H groups in total. The van der Waals surface area contributed by atoms with Gasteiger partial charge in [0.2, 0.25) is 5.91 Å². The van der Waals surface area contributed by atoms with Crippen LogP contribution in [0.1, 0.15) is 5.56 Å². The molecule has 0 unspecified atom stereocenters. The van der Waals surface area contributed by atoms with E-state index >= 15 is 0 Å². The first-order chi connectivity index (χ1) is 11.9. The molecule has 0 bridgehead atoms. The molecular weight excluding hydrogens is 403 g/mol.